The first-order valence-electron chi connectivity index (χ1n) is 7.42. The van der Waals surface area contributed by atoms with E-state index in [1.807, 2.05) is 12.1 Å². The molecule has 0 aromatic heterocycles. The maximum atomic E-state index is 9.27. The first kappa shape index (κ1) is 13.5. The zero-order valence-electron chi connectivity index (χ0n) is 12.3. The minimum Gasteiger partial charge on any atom is -0.508 e. The molecule has 0 spiro atoms. The molecule has 0 aliphatic rings. The van der Waals surface area contributed by atoms with Crippen molar-refractivity contribution in [2.45, 2.75) is 0 Å². The van der Waals surface area contributed by atoms with Crippen LogP contribution in [-0.2, 0) is 0 Å². The topological polar surface area (TPSA) is 45.0 Å². The number of hydrogen-bond donors (Lipinski definition) is 1. The largest absolute Gasteiger partial charge is 0.508 e. The molecule has 0 aliphatic carbocycles. The number of phenols is 1. The fourth-order valence-electron chi connectivity index (χ4n) is 2.70. The lowest BCUT2D eigenvalue weighted by Gasteiger charge is -2.04. The second-order valence-corrected chi connectivity index (χ2v) is 5.41. The summed E-state index contributed by atoms with van der Waals surface area (Å²) in [4.78, 5) is 0. The summed E-state index contributed by atoms with van der Waals surface area (Å²) in [5.74, 6) is 0.224. The fourth-order valence-corrected chi connectivity index (χ4v) is 2.70. The van der Waals surface area contributed by atoms with E-state index in [2.05, 4.69) is 52.7 Å². The average Bonchev–Trinajstić information content (AvgIpc) is 2.61. The van der Waals surface area contributed by atoms with Gasteiger partial charge in [-0.15, -0.1) is 0 Å². The van der Waals surface area contributed by atoms with Crippen molar-refractivity contribution in [1.82, 2.24) is 0 Å². The van der Waals surface area contributed by atoms with Crippen LogP contribution in [-0.4, -0.2) is 5.11 Å². The van der Waals surface area contributed by atoms with Crippen molar-refractivity contribution in [1.29, 1.82) is 0 Å². The molecule has 0 radical (unpaired) electrons. The van der Waals surface area contributed by atoms with E-state index in [4.69, 9.17) is 0 Å². The van der Waals surface area contributed by atoms with Gasteiger partial charge in [-0.3, -0.25) is 0 Å². The Morgan fingerprint density at radius 2 is 1.22 bits per heavy atom. The fraction of sp³-hybridized carbons (Fsp3) is 0. The van der Waals surface area contributed by atoms with Crippen molar-refractivity contribution in [2.24, 2.45) is 10.2 Å². The van der Waals surface area contributed by atoms with Gasteiger partial charge in [0.15, 0.2) is 0 Å². The van der Waals surface area contributed by atoms with Crippen LogP contribution in [0.3, 0.4) is 0 Å². The van der Waals surface area contributed by atoms with E-state index < -0.39 is 0 Å². The van der Waals surface area contributed by atoms with Gasteiger partial charge >= 0.3 is 0 Å². The summed E-state index contributed by atoms with van der Waals surface area (Å²) in [7, 11) is 0. The lowest BCUT2D eigenvalue weighted by Crippen LogP contribution is -1.77. The molecule has 0 saturated carbocycles. The summed E-state index contributed by atoms with van der Waals surface area (Å²) in [6.07, 6.45) is 0. The summed E-state index contributed by atoms with van der Waals surface area (Å²) < 4.78 is 0. The molecule has 3 heteroatoms. The molecule has 0 aliphatic heterocycles. The quantitative estimate of drug-likeness (QED) is 0.352. The lowest BCUT2D eigenvalue weighted by atomic mass is 10.0. The Morgan fingerprint density at radius 3 is 2.09 bits per heavy atom. The van der Waals surface area contributed by atoms with E-state index in [0.717, 1.165) is 11.1 Å². The SMILES string of the molecule is Oc1ccc(/N=N/c2ccc3c(ccc4ccccc43)c2)cc1. The third-order valence-corrected chi connectivity index (χ3v) is 3.86. The normalized spacial score (nSPS) is 11.5. The van der Waals surface area contributed by atoms with Gasteiger partial charge in [-0.1, -0.05) is 42.5 Å². The predicted molar refractivity (Wildman–Crippen MR) is 93.7 cm³/mol. The molecule has 23 heavy (non-hydrogen) atoms. The molecule has 4 aromatic rings. The predicted octanol–water partition coefficient (Wildman–Crippen LogP) is 6.11. The van der Waals surface area contributed by atoms with Crippen LogP contribution in [0.4, 0.5) is 11.4 Å². The highest BCUT2D eigenvalue weighted by atomic mass is 16.3. The first-order valence-corrected chi connectivity index (χ1v) is 7.42. The van der Waals surface area contributed by atoms with Crippen molar-refractivity contribution in [2.75, 3.05) is 0 Å². The van der Waals surface area contributed by atoms with Crippen molar-refractivity contribution in [3.05, 3.63) is 78.9 Å². The molecule has 0 unspecified atom stereocenters. The van der Waals surface area contributed by atoms with E-state index in [-0.39, 0.29) is 5.75 Å². The molecule has 0 atom stereocenters. The number of aromatic hydroxyl groups is 1. The van der Waals surface area contributed by atoms with Gasteiger partial charge in [-0.25, -0.2) is 0 Å². The summed E-state index contributed by atoms with van der Waals surface area (Å²) in [5, 5.41) is 22.6. The molecule has 110 valence electrons. The maximum absolute atomic E-state index is 9.27. The molecule has 0 amide bonds. The van der Waals surface area contributed by atoms with Gasteiger partial charge in [0.25, 0.3) is 0 Å². The number of benzene rings is 4. The van der Waals surface area contributed by atoms with Crippen LogP contribution in [0.15, 0.2) is 89.1 Å². The summed E-state index contributed by atoms with van der Waals surface area (Å²) >= 11 is 0. The average molecular weight is 298 g/mol. The molecular formula is C20H14N2O. The van der Waals surface area contributed by atoms with E-state index in [1.165, 1.54) is 16.2 Å². The third kappa shape index (κ3) is 2.64. The highest BCUT2D eigenvalue weighted by molar-refractivity contribution is 6.08. The van der Waals surface area contributed by atoms with Gasteiger partial charge in [0, 0.05) is 0 Å². The van der Waals surface area contributed by atoms with Crippen LogP contribution in [0.25, 0.3) is 21.5 Å². The van der Waals surface area contributed by atoms with Crippen molar-refractivity contribution < 1.29 is 5.11 Å². The maximum Gasteiger partial charge on any atom is 0.115 e. The minimum absolute atomic E-state index is 0.224. The lowest BCUT2D eigenvalue weighted by molar-refractivity contribution is 0.475. The van der Waals surface area contributed by atoms with Crippen LogP contribution in [0, 0.1) is 0 Å². The highest BCUT2D eigenvalue weighted by Crippen LogP contribution is 2.29. The summed E-state index contributed by atoms with van der Waals surface area (Å²) in [6.45, 7) is 0. The zero-order chi connectivity index (χ0) is 15.6. The smallest absolute Gasteiger partial charge is 0.115 e. The van der Waals surface area contributed by atoms with E-state index in [0.29, 0.717) is 5.69 Å². The zero-order valence-corrected chi connectivity index (χ0v) is 12.3. The Hall–Kier alpha value is -3.20. The molecule has 0 saturated heterocycles. The second kappa shape index (κ2) is 5.54. The van der Waals surface area contributed by atoms with Gasteiger partial charge in [0.05, 0.1) is 11.4 Å². The van der Waals surface area contributed by atoms with Crippen LogP contribution in [0.2, 0.25) is 0 Å². The Balaban J connectivity index is 1.74. The molecule has 4 rings (SSSR count). The summed E-state index contributed by atoms with van der Waals surface area (Å²) in [6, 6.07) is 25.3. The van der Waals surface area contributed by atoms with Crippen molar-refractivity contribution in [3.63, 3.8) is 0 Å². The third-order valence-electron chi connectivity index (χ3n) is 3.86. The number of phenolic OH excluding ortho intramolecular Hbond substituents is 1. The molecule has 0 heterocycles. The highest BCUT2D eigenvalue weighted by Gasteiger charge is 2.01. The first-order chi connectivity index (χ1) is 11.3. The Kier molecular flexibility index (Phi) is 3.24. The molecular weight excluding hydrogens is 284 g/mol. The monoisotopic (exact) mass is 298 g/mol. The van der Waals surface area contributed by atoms with Gasteiger partial charge in [0.1, 0.15) is 5.75 Å². The molecule has 4 aromatic carbocycles. The van der Waals surface area contributed by atoms with Crippen LogP contribution >= 0.6 is 0 Å². The summed E-state index contributed by atoms with van der Waals surface area (Å²) in [5.41, 5.74) is 1.52. The van der Waals surface area contributed by atoms with Crippen molar-refractivity contribution in [3.8, 4) is 5.75 Å². The number of rotatable bonds is 2. The standard InChI is InChI=1S/C20H14N2O/c23-18-10-7-16(8-11-18)21-22-17-9-12-20-15(13-17)6-5-14-3-1-2-4-19(14)20/h1-13,23H/b22-21+. The molecule has 3 nitrogen and oxygen atoms in total. The van der Waals surface area contributed by atoms with Gasteiger partial charge < -0.3 is 5.11 Å². The van der Waals surface area contributed by atoms with E-state index in [9.17, 15) is 5.11 Å². The van der Waals surface area contributed by atoms with Gasteiger partial charge in [0.2, 0.25) is 0 Å². The van der Waals surface area contributed by atoms with Gasteiger partial charge in [-0.2, -0.15) is 10.2 Å². The van der Waals surface area contributed by atoms with Crippen LogP contribution < -0.4 is 0 Å². The molecule has 0 bridgehead atoms. The Labute approximate surface area is 133 Å². The number of hydrogen-bond acceptors (Lipinski definition) is 3. The molecule has 0 fully saturated rings. The van der Waals surface area contributed by atoms with E-state index in [1.54, 1.807) is 24.3 Å². The number of fused-ring (bicyclic) bond motifs is 3. The molecule has 1 N–H and O–H groups in total. The number of azo groups is 1. The van der Waals surface area contributed by atoms with E-state index >= 15 is 0 Å². The number of nitrogens with zero attached hydrogens (tertiary/aromatic N) is 2. The second-order valence-electron chi connectivity index (χ2n) is 5.41. The van der Waals surface area contributed by atoms with Crippen LogP contribution in [0.5, 0.6) is 5.75 Å². The van der Waals surface area contributed by atoms with Crippen LogP contribution in [0.1, 0.15) is 0 Å². The van der Waals surface area contributed by atoms with Gasteiger partial charge in [-0.05, 0) is 57.9 Å². The Bertz CT molecular complexity index is 1020. The van der Waals surface area contributed by atoms with Crippen molar-refractivity contribution >= 4 is 32.9 Å². The minimum atomic E-state index is 0.224. The Morgan fingerprint density at radius 1 is 0.565 bits per heavy atom.